The molecule has 1 aromatic carbocycles. The number of rotatable bonds is 3. The number of anilines is 1. The normalized spacial score (nSPS) is 8.93. The summed E-state index contributed by atoms with van der Waals surface area (Å²) in [6.45, 7) is 0. The predicted octanol–water partition coefficient (Wildman–Crippen LogP) is 0.336. The van der Waals surface area contributed by atoms with Gasteiger partial charge in [-0.3, -0.25) is 0 Å². The average Bonchev–Trinajstić information content (AvgIpc) is 2.15. The van der Waals surface area contributed by atoms with Gasteiger partial charge in [0.2, 0.25) is 0 Å². The maximum atomic E-state index is 10.9. The summed E-state index contributed by atoms with van der Waals surface area (Å²) >= 11 is 0. The van der Waals surface area contributed by atoms with E-state index in [2.05, 4.69) is 0 Å². The number of hydrogen-bond donors (Lipinski definition) is 2. The van der Waals surface area contributed by atoms with Gasteiger partial charge in [0.25, 0.3) is 0 Å². The summed E-state index contributed by atoms with van der Waals surface area (Å²) in [6.07, 6.45) is 0. The minimum absolute atomic E-state index is 0. The average molecular weight is 221 g/mol. The van der Waals surface area contributed by atoms with Crippen LogP contribution in [0.15, 0.2) is 12.1 Å². The molecule has 0 unspecified atom stereocenters. The molecule has 0 amide bonds. The van der Waals surface area contributed by atoms with E-state index in [1.165, 1.54) is 26.4 Å². The van der Waals surface area contributed by atoms with Crippen LogP contribution in [-0.4, -0.2) is 54.9 Å². The Morgan fingerprint density at radius 1 is 1.27 bits per heavy atom. The molecule has 1 rings (SSSR count). The van der Waals surface area contributed by atoms with Gasteiger partial charge in [0, 0.05) is 17.8 Å². The van der Waals surface area contributed by atoms with Crippen LogP contribution in [-0.2, 0) is 0 Å². The van der Waals surface area contributed by atoms with Crippen molar-refractivity contribution in [2.45, 2.75) is 0 Å². The van der Waals surface area contributed by atoms with Crippen LogP contribution in [0.2, 0.25) is 0 Å². The second-order valence-corrected chi connectivity index (χ2v) is 2.61. The van der Waals surface area contributed by atoms with Gasteiger partial charge >= 0.3 is 35.5 Å². The fourth-order valence-electron chi connectivity index (χ4n) is 1.14. The number of ether oxygens (including phenoxy) is 2. The van der Waals surface area contributed by atoms with E-state index in [4.69, 9.17) is 20.3 Å². The molecule has 5 nitrogen and oxygen atoms in total. The van der Waals surface area contributed by atoms with Crippen LogP contribution in [0.5, 0.6) is 11.5 Å². The Balaban J connectivity index is 0.00000196. The van der Waals surface area contributed by atoms with Gasteiger partial charge in [0.1, 0.15) is 17.1 Å². The molecule has 0 atom stereocenters. The van der Waals surface area contributed by atoms with E-state index < -0.39 is 5.97 Å². The molecule has 0 saturated carbocycles. The first-order valence-corrected chi connectivity index (χ1v) is 3.85. The Labute approximate surface area is 109 Å². The quantitative estimate of drug-likeness (QED) is 0.568. The van der Waals surface area contributed by atoms with Gasteiger partial charge in [-0.05, 0) is 0 Å². The third kappa shape index (κ3) is 3.02. The van der Waals surface area contributed by atoms with E-state index in [0.717, 1.165) is 0 Å². The third-order valence-electron chi connectivity index (χ3n) is 1.74. The fraction of sp³-hybridized carbons (Fsp3) is 0.222. The molecule has 0 fully saturated rings. The monoisotopic (exact) mass is 221 g/mol. The SMILES string of the molecule is COc1cc(N)cc(OC)c1C(=O)O.[NaH]. The van der Waals surface area contributed by atoms with E-state index in [9.17, 15) is 4.79 Å². The fourth-order valence-corrected chi connectivity index (χ4v) is 1.14. The van der Waals surface area contributed by atoms with Gasteiger partial charge in [-0.2, -0.15) is 0 Å². The number of aromatic carboxylic acids is 1. The van der Waals surface area contributed by atoms with Crippen LogP contribution in [0.3, 0.4) is 0 Å². The molecule has 1 aromatic rings. The molecular weight excluding hydrogens is 209 g/mol. The number of benzene rings is 1. The molecule has 0 spiro atoms. The number of nitrogens with two attached hydrogens (primary N) is 1. The number of methoxy groups -OCH3 is 2. The molecule has 0 aliphatic rings. The van der Waals surface area contributed by atoms with Crippen molar-refractivity contribution in [2.75, 3.05) is 20.0 Å². The molecule has 0 aliphatic carbocycles. The molecule has 78 valence electrons. The Bertz CT molecular complexity index is 342. The van der Waals surface area contributed by atoms with Gasteiger partial charge in [0.15, 0.2) is 0 Å². The number of nitrogen functional groups attached to an aromatic ring is 1. The molecule has 0 aromatic heterocycles. The molecule has 0 aliphatic heterocycles. The molecular formula is C9H12NNaO4. The first kappa shape index (κ1) is 14.1. The van der Waals surface area contributed by atoms with Crippen molar-refractivity contribution in [2.24, 2.45) is 0 Å². The van der Waals surface area contributed by atoms with Crippen LogP contribution >= 0.6 is 0 Å². The number of carbonyl (C=O) groups is 1. The number of carboxylic acids is 1. The summed E-state index contributed by atoms with van der Waals surface area (Å²) in [5.74, 6) is -0.734. The second-order valence-electron chi connectivity index (χ2n) is 2.61. The minimum atomic E-state index is -1.11. The zero-order chi connectivity index (χ0) is 10.7. The van der Waals surface area contributed by atoms with E-state index in [1.54, 1.807) is 0 Å². The van der Waals surface area contributed by atoms with Crippen molar-refractivity contribution in [1.29, 1.82) is 0 Å². The Hall–Kier alpha value is -0.910. The zero-order valence-electron chi connectivity index (χ0n) is 7.90. The molecule has 0 saturated heterocycles. The predicted molar refractivity (Wildman–Crippen MR) is 58.1 cm³/mol. The van der Waals surface area contributed by atoms with Crippen LogP contribution < -0.4 is 15.2 Å². The standard InChI is InChI=1S/C9H11NO4.Na.H/c1-13-6-3-5(10)4-7(14-2)8(6)9(11)12;;/h3-4H,10H2,1-2H3,(H,11,12);;. The molecule has 0 heterocycles. The third-order valence-corrected chi connectivity index (χ3v) is 1.74. The Morgan fingerprint density at radius 2 is 1.67 bits per heavy atom. The van der Waals surface area contributed by atoms with Crippen molar-refractivity contribution in [1.82, 2.24) is 0 Å². The van der Waals surface area contributed by atoms with Crippen LogP contribution in [0.1, 0.15) is 10.4 Å². The topological polar surface area (TPSA) is 81.8 Å². The van der Waals surface area contributed by atoms with Gasteiger partial charge in [0.05, 0.1) is 14.2 Å². The van der Waals surface area contributed by atoms with Gasteiger partial charge in [-0.1, -0.05) is 0 Å². The first-order valence-electron chi connectivity index (χ1n) is 3.85. The zero-order valence-corrected chi connectivity index (χ0v) is 7.90. The van der Waals surface area contributed by atoms with E-state index in [-0.39, 0.29) is 46.6 Å². The van der Waals surface area contributed by atoms with E-state index in [0.29, 0.717) is 5.69 Å². The van der Waals surface area contributed by atoms with E-state index in [1.807, 2.05) is 0 Å². The molecule has 15 heavy (non-hydrogen) atoms. The summed E-state index contributed by atoms with van der Waals surface area (Å²) in [6, 6.07) is 2.87. The number of carboxylic acid groups (broad SMARTS) is 1. The molecule has 3 N–H and O–H groups in total. The van der Waals surface area contributed by atoms with Crippen LogP contribution in [0, 0.1) is 0 Å². The Morgan fingerprint density at radius 3 is 1.93 bits per heavy atom. The molecule has 6 heteroatoms. The summed E-state index contributed by atoms with van der Waals surface area (Å²) < 4.78 is 9.78. The second kappa shape index (κ2) is 5.85. The van der Waals surface area contributed by atoms with Crippen molar-refractivity contribution in [3.05, 3.63) is 17.7 Å². The number of hydrogen-bond acceptors (Lipinski definition) is 4. The summed E-state index contributed by atoms with van der Waals surface area (Å²) in [5, 5.41) is 8.90. The van der Waals surface area contributed by atoms with Crippen molar-refractivity contribution in [3.63, 3.8) is 0 Å². The van der Waals surface area contributed by atoms with E-state index >= 15 is 0 Å². The van der Waals surface area contributed by atoms with Gasteiger partial charge in [-0.15, -0.1) is 0 Å². The van der Waals surface area contributed by atoms with Crippen molar-refractivity contribution < 1.29 is 19.4 Å². The van der Waals surface area contributed by atoms with Crippen molar-refractivity contribution in [3.8, 4) is 11.5 Å². The van der Waals surface area contributed by atoms with Crippen molar-refractivity contribution >= 4 is 41.2 Å². The van der Waals surface area contributed by atoms with Crippen LogP contribution in [0.25, 0.3) is 0 Å². The summed E-state index contributed by atoms with van der Waals surface area (Å²) in [7, 11) is 2.75. The summed E-state index contributed by atoms with van der Waals surface area (Å²) in [5.41, 5.74) is 5.90. The molecule has 0 radical (unpaired) electrons. The first-order chi connectivity index (χ1) is 6.60. The van der Waals surface area contributed by atoms with Crippen LogP contribution in [0.4, 0.5) is 5.69 Å². The summed E-state index contributed by atoms with van der Waals surface area (Å²) in [4.78, 5) is 10.9. The maximum absolute atomic E-state index is 10.9. The van der Waals surface area contributed by atoms with Gasteiger partial charge < -0.3 is 20.3 Å². The van der Waals surface area contributed by atoms with Gasteiger partial charge in [-0.25, -0.2) is 4.79 Å². The molecule has 0 bridgehead atoms. The Kier molecular flexibility index (Phi) is 5.49.